The fourth-order valence-electron chi connectivity index (χ4n) is 1.82. The van der Waals surface area contributed by atoms with Crippen LogP contribution in [0.25, 0.3) is 0 Å². The minimum Gasteiger partial charge on any atom is -0.482 e. The maximum Gasteiger partial charge on any atom is 0.341 e. The van der Waals surface area contributed by atoms with Crippen molar-refractivity contribution in [1.82, 2.24) is 10.2 Å². The number of carbonyl (C=O) groups is 3. The van der Waals surface area contributed by atoms with Crippen molar-refractivity contribution < 1.29 is 24.2 Å². The summed E-state index contributed by atoms with van der Waals surface area (Å²) in [4.78, 5) is 35.2. The van der Waals surface area contributed by atoms with Crippen LogP contribution >= 0.6 is 0 Å². The first kappa shape index (κ1) is 18.5. The van der Waals surface area contributed by atoms with Crippen LogP contribution in [-0.2, 0) is 20.9 Å². The van der Waals surface area contributed by atoms with Gasteiger partial charge in [-0.05, 0) is 24.1 Å². The van der Waals surface area contributed by atoms with E-state index in [1.165, 1.54) is 4.90 Å². The molecule has 0 saturated heterocycles. The highest BCUT2D eigenvalue weighted by atomic mass is 16.5. The molecule has 0 unspecified atom stereocenters. The predicted octanol–water partition coefficient (Wildman–Crippen LogP) is 1.02. The Morgan fingerprint density at radius 3 is 2.43 bits per heavy atom. The minimum atomic E-state index is -1.04. The van der Waals surface area contributed by atoms with E-state index >= 15 is 0 Å². The van der Waals surface area contributed by atoms with Gasteiger partial charge in [0.2, 0.25) is 11.8 Å². The van der Waals surface area contributed by atoms with Gasteiger partial charge in [0.05, 0.1) is 6.54 Å². The van der Waals surface area contributed by atoms with Gasteiger partial charge in [-0.15, -0.1) is 0 Å². The Morgan fingerprint density at radius 2 is 1.87 bits per heavy atom. The Labute approximate surface area is 135 Å². The van der Waals surface area contributed by atoms with Crippen molar-refractivity contribution >= 4 is 17.8 Å². The van der Waals surface area contributed by atoms with Crippen LogP contribution in [0.1, 0.15) is 25.3 Å². The van der Waals surface area contributed by atoms with Crippen molar-refractivity contribution in [3.8, 4) is 5.75 Å². The van der Waals surface area contributed by atoms with Gasteiger partial charge < -0.3 is 20.1 Å². The number of rotatable bonds is 9. The number of nitrogens with one attached hydrogen (secondary N) is 1. The van der Waals surface area contributed by atoms with Gasteiger partial charge in [-0.3, -0.25) is 9.59 Å². The van der Waals surface area contributed by atoms with Crippen LogP contribution in [0.3, 0.4) is 0 Å². The van der Waals surface area contributed by atoms with Crippen molar-refractivity contribution in [3.05, 3.63) is 29.8 Å². The summed E-state index contributed by atoms with van der Waals surface area (Å²) in [7, 11) is 1.66. The molecule has 23 heavy (non-hydrogen) atoms. The van der Waals surface area contributed by atoms with Crippen molar-refractivity contribution in [2.24, 2.45) is 0 Å². The number of aliphatic carboxylic acids is 1. The zero-order valence-electron chi connectivity index (χ0n) is 13.4. The predicted molar refractivity (Wildman–Crippen MR) is 84.0 cm³/mol. The number of hydrogen-bond donors (Lipinski definition) is 2. The molecule has 0 radical (unpaired) electrons. The summed E-state index contributed by atoms with van der Waals surface area (Å²) in [6.07, 6.45) is 1.15. The van der Waals surface area contributed by atoms with E-state index in [2.05, 4.69) is 5.32 Å². The SMILES string of the molecule is CCCC(=O)NCC(=O)N(C)Cc1ccc(OCC(=O)O)cc1. The zero-order valence-corrected chi connectivity index (χ0v) is 13.4. The third kappa shape index (κ3) is 7.30. The summed E-state index contributed by atoms with van der Waals surface area (Å²) in [6.45, 7) is 1.88. The highest BCUT2D eigenvalue weighted by Crippen LogP contribution is 2.13. The first-order valence-corrected chi connectivity index (χ1v) is 7.36. The molecule has 0 bridgehead atoms. The molecule has 7 nitrogen and oxygen atoms in total. The lowest BCUT2D eigenvalue weighted by Crippen LogP contribution is -2.37. The van der Waals surface area contributed by atoms with Gasteiger partial charge in [-0.25, -0.2) is 4.79 Å². The van der Waals surface area contributed by atoms with Gasteiger partial charge in [-0.1, -0.05) is 19.1 Å². The van der Waals surface area contributed by atoms with Gasteiger partial charge in [-0.2, -0.15) is 0 Å². The van der Waals surface area contributed by atoms with E-state index in [4.69, 9.17) is 9.84 Å². The molecule has 0 aromatic heterocycles. The lowest BCUT2D eigenvalue weighted by atomic mass is 10.2. The largest absolute Gasteiger partial charge is 0.482 e. The van der Waals surface area contributed by atoms with Crippen LogP contribution in [-0.4, -0.2) is 48.0 Å². The zero-order chi connectivity index (χ0) is 17.2. The highest BCUT2D eigenvalue weighted by molar-refractivity contribution is 5.84. The quantitative estimate of drug-likeness (QED) is 0.708. The second-order valence-corrected chi connectivity index (χ2v) is 5.10. The number of ether oxygens (including phenoxy) is 1. The van der Waals surface area contributed by atoms with Crippen LogP contribution < -0.4 is 10.1 Å². The third-order valence-corrected chi connectivity index (χ3v) is 3.05. The van der Waals surface area contributed by atoms with Gasteiger partial charge in [0.15, 0.2) is 6.61 Å². The van der Waals surface area contributed by atoms with Gasteiger partial charge in [0, 0.05) is 20.0 Å². The molecule has 0 aliphatic rings. The van der Waals surface area contributed by atoms with Crippen LogP contribution in [0.5, 0.6) is 5.75 Å². The highest BCUT2D eigenvalue weighted by Gasteiger charge is 2.10. The van der Waals surface area contributed by atoms with Crippen molar-refractivity contribution in [1.29, 1.82) is 0 Å². The van der Waals surface area contributed by atoms with E-state index in [0.29, 0.717) is 18.7 Å². The number of carboxylic acid groups (broad SMARTS) is 1. The number of carbonyl (C=O) groups excluding carboxylic acids is 2. The normalized spacial score (nSPS) is 10.0. The number of amides is 2. The van der Waals surface area contributed by atoms with E-state index in [9.17, 15) is 14.4 Å². The Kier molecular flexibility index (Phi) is 7.59. The molecule has 1 rings (SSSR count). The molecule has 0 fully saturated rings. The molecule has 7 heteroatoms. The molecular formula is C16H22N2O5. The standard InChI is InChI=1S/C16H22N2O5/c1-3-4-14(19)17-9-15(20)18(2)10-12-5-7-13(8-6-12)23-11-16(21)22/h5-8H,3-4,9-11H2,1-2H3,(H,17,19)(H,21,22). The Balaban J connectivity index is 2.43. The second kappa shape index (κ2) is 9.45. The van der Waals surface area contributed by atoms with Crippen LogP contribution in [0.2, 0.25) is 0 Å². The van der Waals surface area contributed by atoms with Gasteiger partial charge in [0.25, 0.3) is 0 Å². The van der Waals surface area contributed by atoms with Gasteiger partial charge >= 0.3 is 5.97 Å². The molecule has 2 N–H and O–H groups in total. The number of carboxylic acids is 1. The Bertz CT molecular complexity index is 542. The lowest BCUT2D eigenvalue weighted by Gasteiger charge is -2.18. The average Bonchev–Trinajstić information content (AvgIpc) is 2.52. The molecule has 2 amide bonds. The smallest absolute Gasteiger partial charge is 0.341 e. The Morgan fingerprint density at radius 1 is 1.22 bits per heavy atom. The van der Waals surface area contributed by atoms with Crippen molar-refractivity contribution in [2.75, 3.05) is 20.2 Å². The maximum atomic E-state index is 11.9. The van der Waals surface area contributed by atoms with E-state index in [0.717, 1.165) is 12.0 Å². The van der Waals surface area contributed by atoms with E-state index in [-0.39, 0.29) is 18.4 Å². The van der Waals surface area contributed by atoms with Crippen LogP contribution in [0, 0.1) is 0 Å². The van der Waals surface area contributed by atoms with E-state index < -0.39 is 12.6 Å². The lowest BCUT2D eigenvalue weighted by molar-refractivity contribution is -0.139. The summed E-state index contributed by atoms with van der Waals surface area (Å²) >= 11 is 0. The third-order valence-electron chi connectivity index (χ3n) is 3.05. The van der Waals surface area contributed by atoms with E-state index in [1.807, 2.05) is 6.92 Å². The Hall–Kier alpha value is -2.57. The average molecular weight is 322 g/mol. The van der Waals surface area contributed by atoms with Gasteiger partial charge in [0.1, 0.15) is 5.75 Å². The molecule has 1 aromatic rings. The molecule has 0 spiro atoms. The van der Waals surface area contributed by atoms with Crippen molar-refractivity contribution in [3.63, 3.8) is 0 Å². The molecule has 0 saturated carbocycles. The first-order chi connectivity index (χ1) is 10.9. The second-order valence-electron chi connectivity index (χ2n) is 5.10. The van der Waals surface area contributed by atoms with Crippen molar-refractivity contribution in [2.45, 2.75) is 26.3 Å². The number of nitrogens with zero attached hydrogens (tertiary/aromatic N) is 1. The summed E-state index contributed by atoms with van der Waals surface area (Å²) in [5.41, 5.74) is 0.878. The summed E-state index contributed by atoms with van der Waals surface area (Å²) < 4.78 is 5.04. The summed E-state index contributed by atoms with van der Waals surface area (Å²) in [5, 5.41) is 11.1. The molecule has 0 aliphatic carbocycles. The first-order valence-electron chi connectivity index (χ1n) is 7.36. The van der Waals surface area contributed by atoms with Crippen LogP contribution in [0.4, 0.5) is 0 Å². The molecule has 1 aromatic carbocycles. The fourth-order valence-corrected chi connectivity index (χ4v) is 1.82. The topological polar surface area (TPSA) is 95.9 Å². The summed E-state index contributed by atoms with van der Waals surface area (Å²) in [5.74, 6) is -0.892. The molecule has 126 valence electrons. The molecule has 0 atom stereocenters. The monoisotopic (exact) mass is 322 g/mol. The minimum absolute atomic E-state index is 0.0187. The summed E-state index contributed by atoms with van der Waals surface area (Å²) in [6, 6.07) is 6.83. The molecular weight excluding hydrogens is 300 g/mol. The molecule has 0 heterocycles. The van der Waals surface area contributed by atoms with E-state index in [1.54, 1.807) is 31.3 Å². The molecule has 0 aliphatic heterocycles. The number of likely N-dealkylation sites (N-methyl/N-ethyl adjacent to an activating group) is 1. The maximum absolute atomic E-state index is 11.9. The number of benzene rings is 1. The number of hydrogen-bond acceptors (Lipinski definition) is 4. The fraction of sp³-hybridized carbons (Fsp3) is 0.438. The van der Waals surface area contributed by atoms with Crippen LogP contribution in [0.15, 0.2) is 24.3 Å².